The van der Waals surface area contributed by atoms with Gasteiger partial charge in [-0.2, -0.15) is 0 Å². The second-order valence-electron chi connectivity index (χ2n) is 6.63. The van der Waals surface area contributed by atoms with Crippen molar-refractivity contribution in [3.63, 3.8) is 0 Å². The maximum Gasteiger partial charge on any atom is 0.225 e. The third-order valence-electron chi connectivity index (χ3n) is 4.86. The van der Waals surface area contributed by atoms with E-state index in [4.69, 9.17) is 0 Å². The summed E-state index contributed by atoms with van der Waals surface area (Å²) in [5, 5.41) is 2.97. The highest BCUT2D eigenvalue weighted by Gasteiger charge is 2.40. The van der Waals surface area contributed by atoms with Crippen molar-refractivity contribution >= 4 is 11.7 Å². The number of nitrogens with one attached hydrogen (secondary N) is 1. The lowest BCUT2D eigenvalue weighted by Gasteiger charge is -2.21. The van der Waals surface area contributed by atoms with E-state index in [2.05, 4.69) is 29.1 Å². The summed E-state index contributed by atoms with van der Waals surface area (Å²) in [6.07, 6.45) is 9.26. The number of hydrogen-bond acceptors (Lipinski definition) is 3. The normalized spacial score (nSPS) is 28.1. The molecule has 1 N–H and O–H groups in total. The second-order valence-corrected chi connectivity index (χ2v) is 6.63. The fourth-order valence-electron chi connectivity index (χ4n) is 3.92. The number of hydrogen-bond donors (Lipinski definition) is 1. The molecule has 2 aliphatic rings. The molecule has 3 unspecified atom stereocenters. The van der Waals surface area contributed by atoms with Gasteiger partial charge in [-0.25, -0.2) is 4.98 Å². The average molecular weight is 273 g/mol. The molecule has 20 heavy (non-hydrogen) atoms. The van der Waals surface area contributed by atoms with Crippen LogP contribution in [0.15, 0.2) is 12.4 Å². The Hall–Kier alpha value is -1.45. The summed E-state index contributed by atoms with van der Waals surface area (Å²) in [5.74, 6) is 3.27. The topological polar surface area (TPSA) is 54.9 Å². The Labute approximate surface area is 120 Å². The van der Waals surface area contributed by atoms with Crippen LogP contribution in [0.2, 0.25) is 0 Å². The maximum atomic E-state index is 12.2. The van der Waals surface area contributed by atoms with Gasteiger partial charge in [0.05, 0.1) is 5.69 Å². The first-order valence-electron chi connectivity index (χ1n) is 7.74. The van der Waals surface area contributed by atoms with Crippen LogP contribution in [0.5, 0.6) is 0 Å². The smallest absolute Gasteiger partial charge is 0.225 e. The lowest BCUT2D eigenvalue weighted by atomic mass is 9.86. The van der Waals surface area contributed by atoms with Gasteiger partial charge >= 0.3 is 0 Å². The van der Waals surface area contributed by atoms with Crippen molar-refractivity contribution in [3.8, 4) is 0 Å². The summed E-state index contributed by atoms with van der Waals surface area (Å²) in [7, 11) is 0. The van der Waals surface area contributed by atoms with E-state index in [0.29, 0.717) is 18.2 Å². The number of nitrogens with zero attached hydrogens (tertiary/aromatic N) is 2. The van der Waals surface area contributed by atoms with E-state index in [1.165, 1.54) is 25.7 Å². The van der Waals surface area contributed by atoms with Crippen molar-refractivity contribution in [2.75, 3.05) is 5.32 Å². The Kier molecular flexibility index (Phi) is 3.72. The summed E-state index contributed by atoms with van der Waals surface area (Å²) in [6, 6.07) is 0. The van der Waals surface area contributed by atoms with E-state index in [0.717, 1.165) is 17.5 Å². The van der Waals surface area contributed by atoms with E-state index in [1.807, 2.05) is 0 Å². The molecule has 2 fully saturated rings. The number of carbonyl (C=O) groups is 1. The minimum absolute atomic E-state index is 0.102. The molecule has 4 nitrogen and oxygen atoms in total. The average Bonchev–Trinajstić information content (AvgIpc) is 3.01. The predicted molar refractivity (Wildman–Crippen MR) is 78.3 cm³/mol. The van der Waals surface area contributed by atoms with Gasteiger partial charge in [0.25, 0.3) is 0 Å². The zero-order valence-electron chi connectivity index (χ0n) is 12.3. The van der Waals surface area contributed by atoms with Crippen LogP contribution in [-0.2, 0) is 4.79 Å². The molecule has 0 radical (unpaired) electrons. The quantitative estimate of drug-likeness (QED) is 0.915. The van der Waals surface area contributed by atoms with Crippen LogP contribution in [0, 0.1) is 17.8 Å². The third kappa shape index (κ3) is 2.69. The van der Waals surface area contributed by atoms with Gasteiger partial charge < -0.3 is 5.32 Å². The molecule has 1 amide bonds. The molecule has 1 aromatic rings. The number of aromatic nitrogens is 2. The zero-order valence-corrected chi connectivity index (χ0v) is 12.3. The molecule has 3 rings (SSSR count). The van der Waals surface area contributed by atoms with Gasteiger partial charge in [0.1, 0.15) is 0 Å². The highest BCUT2D eigenvalue weighted by molar-refractivity contribution is 5.90. The monoisotopic (exact) mass is 273 g/mol. The molecule has 108 valence electrons. The minimum atomic E-state index is 0.102. The van der Waals surface area contributed by atoms with Crippen molar-refractivity contribution in [2.45, 2.75) is 51.9 Å². The SMILES string of the molecule is CC(C)c1nccnc1NC(=O)CC1CC2CCC1C2. The van der Waals surface area contributed by atoms with Gasteiger partial charge in [-0.05, 0) is 42.9 Å². The predicted octanol–water partition coefficient (Wildman–Crippen LogP) is 3.36. The van der Waals surface area contributed by atoms with Gasteiger partial charge in [-0.3, -0.25) is 9.78 Å². The first-order chi connectivity index (χ1) is 9.63. The Balaban J connectivity index is 1.62. The standard InChI is InChI=1S/C16H23N3O/c1-10(2)15-16(18-6-5-17-15)19-14(20)9-13-8-11-3-4-12(13)7-11/h5-6,10-13H,3-4,7-9H2,1-2H3,(H,18,19,20). The first-order valence-corrected chi connectivity index (χ1v) is 7.74. The Morgan fingerprint density at radius 2 is 2.10 bits per heavy atom. The number of carbonyl (C=O) groups excluding carboxylic acids is 1. The van der Waals surface area contributed by atoms with Crippen molar-refractivity contribution < 1.29 is 4.79 Å². The lowest BCUT2D eigenvalue weighted by Crippen LogP contribution is -2.21. The molecule has 2 saturated carbocycles. The van der Waals surface area contributed by atoms with Gasteiger partial charge in [-0.15, -0.1) is 0 Å². The summed E-state index contributed by atoms with van der Waals surface area (Å²) in [4.78, 5) is 20.8. The molecule has 0 aliphatic heterocycles. The third-order valence-corrected chi connectivity index (χ3v) is 4.86. The molecular formula is C16H23N3O. The van der Waals surface area contributed by atoms with E-state index >= 15 is 0 Å². The first kappa shape index (κ1) is 13.5. The van der Waals surface area contributed by atoms with Crippen LogP contribution in [0.1, 0.15) is 57.6 Å². The highest BCUT2D eigenvalue weighted by atomic mass is 16.1. The molecule has 3 atom stereocenters. The molecule has 0 aromatic carbocycles. The second kappa shape index (κ2) is 5.51. The van der Waals surface area contributed by atoms with E-state index in [1.54, 1.807) is 12.4 Å². The lowest BCUT2D eigenvalue weighted by molar-refractivity contribution is -0.117. The zero-order chi connectivity index (χ0) is 14.1. The van der Waals surface area contributed by atoms with Gasteiger partial charge in [0, 0.05) is 18.8 Å². The number of rotatable bonds is 4. The largest absolute Gasteiger partial charge is 0.309 e. The molecule has 1 heterocycles. The van der Waals surface area contributed by atoms with Gasteiger partial charge in [-0.1, -0.05) is 20.3 Å². The van der Waals surface area contributed by atoms with E-state index in [-0.39, 0.29) is 11.8 Å². The fourth-order valence-corrected chi connectivity index (χ4v) is 3.92. The summed E-state index contributed by atoms with van der Waals surface area (Å²) >= 11 is 0. The molecule has 2 aliphatic carbocycles. The van der Waals surface area contributed by atoms with Crippen LogP contribution in [0.3, 0.4) is 0 Å². The number of amides is 1. The molecule has 0 saturated heterocycles. The Morgan fingerprint density at radius 1 is 1.30 bits per heavy atom. The van der Waals surface area contributed by atoms with Crippen molar-refractivity contribution in [1.82, 2.24) is 9.97 Å². The van der Waals surface area contributed by atoms with Gasteiger partial charge in [0.2, 0.25) is 5.91 Å². The van der Waals surface area contributed by atoms with Crippen molar-refractivity contribution in [1.29, 1.82) is 0 Å². The number of fused-ring (bicyclic) bond motifs is 2. The van der Waals surface area contributed by atoms with Crippen molar-refractivity contribution in [3.05, 3.63) is 18.1 Å². The van der Waals surface area contributed by atoms with Crippen LogP contribution in [0.4, 0.5) is 5.82 Å². The molecule has 1 aromatic heterocycles. The maximum absolute atomic E-state index is 12.2. The van der Waals surface area contributed by atoms with Crippen LogP contribution >= 0.6 is 0 Å². The highest BCUT2D eigenvalue weighted by Crippen LogP contribution is 2.49. The molecule has 4 heteroatoms. The summed E-state index contributed by atoms with van der Waals surface area (Å²) in [6.45, 7) is 4.13. The number of anilines is 1. The van der Waals surface area contributed by atoms with E-state index < -0.39 is 0 Å². The molecule has 2 bridgehead atoms. The molecular weight excluding hydrogens is 250 g/mol. The van der Waals surface area contributed by atoms with Crippen LogP contribution in [0.25, 0.3) is 0 Å². The molecule has 0 spiro atoms. The Morgan fingerprint density at radius 3 is 2.75 bits per heavy atom. The summed E-state index contributed by atoms with van der Waals surface area (Å²) in [5.41, 5.74) is 0.869. The summed E-state index contributed by atoms with van der Waals surface area (Å²) < 4.78 is 0. The fraction of sp³-hybridized carbons (Fsp3) is 0.688. The Bertz CT molecular complexity index is 500. The minimum Gasteiger partial charge on any atom is -0.309 e. The van der Waals surface area contributed by atoms with Gasteiger partial charge in [0.15, 0.2) is 5.82 Å². The van der Waals surface area contributed by atoms with Crippen molar-refractivity contribution in [2.24, 2.45) is 17.8 Å². The van der Waals surface area contributed by atoms with Crippen LogP contribution < -0.4 is 5.32 Å². The van der Waals surface area contributed by atoms with Crippen LogP contribution in [-0.4, -0.2) is 15.9 Å². The van der Waals surface area contributed by atoms with E-state index in [9.17, 15) is 4.79 Å².